The van der Waals surface area contributed by atoms with E-state index in [4.69, 9.17) is 10.7 Å². The first-order valence-corrected chi connectivity index (χ1v) is 11.2. The van der Waals surface area contributed by atoms with Crippen molar-refractivity contribution in [3.63, 3.8) is 0 Å². The smallest absolute Gasteiger partial charge is 0.356 e. The van der Waals surface area contributed by atoms with Crippen molar-refractivity contribution in [3.05, 3.63) is 84.2 Å². The molecule has 1 saturated carbocycles. The van der Waals surface area contributed by atoms with Gasteiger partial charge >= 0.3 is 5.97 Å². The van der Waals surface area contributed by atoms with Gasteiger partial charge in [0.2, 0.25) is 0 Å². The second-order valence-electron chi connectivity index (χ2n) is 8.71. The minimum absolute atomic E-state index is 0.0861. The third kappa shape index (κ3) is 3.19. The molecule has 34 heavy (non-hydrogen) atoms. The molecule has 0 saturated heterocycles. The largest absolute Gasteiger partial charge is 0.476 e. The van der Waals surface area contributed by atoms with Crippen molar-refractivity contribution < 1.29 is 9.90 Å². The normalized spacial score (nSPS) is 14.7. The van der Waals surface area contributed by atoms with Gasteiger partial charge in [-0.1, -0.05) is 54.6 Å². The predicted octanol–water partition coefficient (Wildman–Crippen LogP) is 4.49. The van der Waals surface area contributed by atoms with Gasteiger partial charge in [0.05, 0.1) is 11.4 Å². The summed E-state index contributed by atoms with van der Waals surface area (Å²) < 4.78 is 1.61. The summed E-state index contributed by atoms with van der Waals surface area (Å²) in [6.07, 6.45) is 4.82. The molecule has 0 bridgehead atoms. The summed E-state index contributed by atoms with van der Waals surface area (Å²) in [6, 6.07) is 21.2. The maximum Gasteiger partial charge on any atom is 0.356 e. The number of nitrogens with zero attached hydrogens (tertiary/aromatic N) is 4. The number of H-pyrrole nitrogens is 1. The van der Waals surface area contributed by atoms with Gasteiger partial charge in [-0.3, -0.25) is 5.10 Å². The fourth-order valence-corrected chi connectivity index (χ4v) is 4.59. The first-order chi connectivity index (χ1) is 16.5. The van der Waals surface area contributed by atoms with Crippen LogP contribution >= 0.6 is 0 Å². The number of aromatic nitrogens is 5. The Balaban J connectivity index is 1.62. The Morgan fingerprint density at radius 1 is 1.03 bits per heavy atom. The van der Waals surface area contributed by atoms with Crippen molar-refractivity contribution in [2.45, 2.75) is 24.8 Å². The molecule has 168 valence electrons. The molecule has 0 unspecified atom stereocenters. The van der Waals surface area contributed by atoms with Crippen LogP contribution in [0.25, 0.3) is 39.4 Å². The van der Waals surface area contributed by atoms with E-state index in [0.29, 0.717) is 28.3 Å². The molecule has 0 atom stereocenters. The van der Waals surface area contributed by atoms with Gasteiger partial charge in [-0.2, -0.15) is 10.2 Å². The fourth-order valence-electron chi connectivity index (χ4n) is 4.59. The SMILES string of the molecule is NC1(c2ccc(-c3nc4c(-c5cc[nH]n5)cc(C(=O)O)nn4c3-c3ccccc3)cc2)CCC1. The molecule has 1 aliphatic rings. The Kier molecular flexibility index (Phi) is 4.56. The van der Waals surface area contributed by atoms with Crippen molar-refractivity contribution in [3.8, 4) is 33.8 Å². The van der Waals surface area contributed by atoms with E-state index in [9.17, 15) is 9.90 Å². The zero-order valence-electron chi connectivity index (χ0n) is 18.3. The topological polar surface area (TPSA) is 122 Å². The monoisotopic (exact) mass is 450 g/mol. The van der Waals surface area contributed by atoms with Crippen molar-refractivity contribution in [1.29, 1.82) is 0 Å². The average molecular weight is 451 g/mol. The molecule has 3 heterocycles. The van der Waals surface area contributed by atoms with Crippen LogP contribution in [0, 0.1) is 0 Å². The Bertz CT molecular complexity index is 1500. The van der Waals surface area contributed by atoms with Crippen molar-refractivity contribution in [2.75, 3.05) is 0 Å². The summed E-state index contributed by atoms with van der Waals surface area (Å²) in [6.45, 7) is 0. The standard InChI is InChI=1S/C26H22N6O2/c27-26(12-4-13-26)18-9-7-16(8-10-18)22-23(17-5-2-1-3-6-17)32-24(29-22)19(20-11-14-28-30-20)15-21(31-32)25(33)34/h1-3,5-11,14-15H,4,12-13,27H2,(H,28,30)(H,33,34). The van der Waals surface area contributed by atoms with E-state index in [-0.39, 0.29) is 11.2 Å². The molecule has 6 rings (SSSR count). The molecule has 0 aliphatic heterocycles. The third-order valence-electron chi connectivity index (χ3n) is 6.61. The van der Waals surface area contributed by atoms with E-state index >= 15 is 0 Å². The highest BCUT2D eigenvalue weighted by atomic mass is 16.4. The lowest BCUT2D eigenvalue weighted by atomic mass is 9.72. The summed E-state index contributed by atoms with van der Waals surface area (Å²) in [4.78, 5) is 16.9. The lowest BCUT2D eigenvalue weighted by Crippen LogP contribution is -2.43. The molecular weight excluding hydrogens is 428 g/mol. The van der Waals surface area contributed by atoms with E-state index in [0.717, 1.165) is 36.0 Å². The number of hydrogen-bond acceptors (Lipinski definition) is 5. The van der Waals surface area contributed by atoms with Crippen LogP contribution in [-0.4, -0.2) is 35.9 Å². The predicted molar refractivity (Wildman–Crippen MR) is 128 cm³/mol. The van der Waals surface area contributed by atoms with Gasteiger partial charge in [-0.25, -0.2) is 14.3 Å². The van der Waals surface area contributed by atoms with Crippen LogP contribution in [0.3, 0.4) is 0 Å². The summed E-state index contributed by atoms with van der Waals surface area (Å²) in [5, 5.41) is 21.2. The molecule has 8 heteroatoms. The number of fused-ring (bicyclic) bond motifs is 1. The van der Waals surface area contributed by atoms with Crippen molar-refractivity contribution in [1.82, 2.24) is 24.8 Å². The molecule has 2 aromatic carbocycles. The van der Waals surface area contributed by atoms with E-state index in [1.54, 1.807) is 16.8 Å². The highest BCUT2D eigenvalue weighted by Crippen LogP contribution is 2.40. The molecule has 1 fully saturated rings. The van der Waals surface area contributed by atoms with Gasteiger partial charge in [0, 0.05) is 28.4 Å². The highest BCUT2D eigenvalue weighted by Gasteiger charge is 2.34. The second-order valence-corrected chi connectivity index (χ2v) is 8.71. The molecule has 3 aromatic heterocycles. The van der Waals surface area contributed by atoms with E-state index in [1.807, 2.05) is 42.5 Å². The zero-order chi connectivity index (χ0) is 23.3. The van der Waals surface area contributed by atoms with Crippen LogP contribution in [0.15, 0.2) is 72.9 Å². The molecule has 0 radical (unpaired) electrons. The van der Waals surface area contributed by atoms with Crippen LogP contribution in [0.4, 0.5) is 0 Å². The first-order valence-electron chi connectivity index (χ1n) is 11.2. The van der Waals surface area contributed by atoms with Crippen LogP contribution < -0.4 is 5.73 Å². The minimum Gasteiger partial charge on any atom is -0.476 e. The maximum atomic E-state index is 11.9. The van der Waals surface area contributed by atoms with Gasteiger partial charge in [0.1, 0.15) is 5.69 Å². The lowest BCUT2D eigenvalue weighted by molar-refractivity contribution is 0.0689. The van der Waals surface area contributed by atoms with E-state index in [2.05, 4.69) is 27.4 Å². The van der Waals surface area contributed by atoms with Crippen LogP contribution in [0.2, 0.25) is 0 Å². The van der Waals surface area contributed by atoms with Gasteiger partial charge in [0.15, 0.2) is 11.3 Å². The minimum atomic E-state index is -1.12. The highest BCUT2D eigenvalue weighted by molar-refractivity contribution is 5.91. The number of nitrogens with one attached hydrogen (secondary N) is 1. The molecular formula is C26H22N6O2. The van der Waals surface area contributed by atoms with E-state index in [1.165, 1.54) is 6.07 Å². The Morgan fingerprint density at radius 3 is 2.41 bits per heavy atom. The van der Waals surface area contributed by atoms with Crippen LogP contribution in [-0.2, 0) is 5.54 Å². The lowest BCUT2D eigenvalue weighted by Gasteiger charge is -2.38. The fraction of sp³-hybridized carbons (Fsp3) is 0.154. The molecule has 0 amide bonds. The average Bonchev–Trinajstić information content (AvgIpc) is 3.51. The Labute approximate surface area is 195 Å². The number of carboxylic acids is 1. The van der Waals surface area contributed by atoms with Crippen molar-refractivity contribution >= 4 is 11.6 Å². The first kappa shape index (κ1) is 20.3. The molecule has 1 aliphatic carbocycles. The molecule has 8 nitrogen and oxygen atoms in total. The van der Waals surface area contributed by atoms with Crippen LogP contribution in [0.5, 0.6) is 0 Å². The van der Waals surface area contributed by atoms with Crippen LogP contribution in [0.1, 0.15) is 35.3 Å². The number of carboxylic acid groups (broad SMARTS) is 1. The van der Waals surface area contributed by atoms with Gasteiger partial charge in [-0.05, 0) is 37.0 Å². The summed E-state index contributed by atoms with van der Waals surface area (Å²) in [7, 11) is 0. The van der Waals surface area contributed by atoms with Crippen molar-refractivity contribution in [2.24, 2.45) is 5.73 Å². The number of carbonyl (C=O) groups is 1. The number of nitrogens with two attached hydrogens (primary N) is 1. The quantitative estimate of drug-likeness (QED) is 0.363. The summed E-state index contributed by atoms with van der Waals surface area (Å²) in [5.41, 5.74) is 12.2. The molecule has 4 N–H and O–H groups in total. The number of rotatable bonds is 5. The Morgan fingerprint density at radius 2 is 1.79 bits per heavy atom. The summed E-state index contributed by atoms with van der Waals surface area (Å²) >= 11 is 0. The van der Waals surface area contributed by atoms with E-state index < -0.39 is 5.97 Å². The van der Waals surface area contributed by atoms with Gasteiger partial charge in [0.25, 0.3) is 0 Å². The third-order valence-corrected chi connectivity index (χ3v) is 6.61. The van der Waals surface area contributed by atoms with Gasteiger partial charge in [-0.15, -0.1) is 0 Å². The number of benzene rings is 2. The Hall–Kier alpha value is -4.30. The number of aromatic carboxylic acids is 1. The van der Waals surface area contributed by atoms with Gasteiger partial charge < -0.3 is 10.8 Å². The second kappa shape index (κ2) is 7.64. The molecule has 0 spiro atoms. The number of hydrogen-bond donors (Lipinski definition) is 3. The molecule has 5 aromatic rings. The number of imidazole rings is 1. The summed E-state index contributed by atoms with van der Waals surface area (Å²) in [5.74, 6) is -1.12. The number of aromatic amines is 1. The maximum absolute atomic E-state index is 11.9. The zero-order valence-corrected chi connectivity index (χ0v) is 18.3.